The number of aromatic nitrogens is 4. The summed E-state index contributed by atoms with van der Waals surface area (Å²) < 4.78 is 3.45. The molecule has 5 aromatic rings. The Balaban J connectivity index is 1.52. The zero-order chi connectivity index (χ0) is 24.7. The Morgan fingerprint density at radius 1 is 0.971 bits per heavy atom. The molecule has 0 unspecified atom stereocenters. The second-order valence-corrected chi connectivity index (χ2v) is 9.26. The molecule has 35 heavy (non-hydrogen) atoms. The van der Waals surface area contributed by atoms with Crippen molar-refractivity contribution in [3.05, 3.63) is 94.0 Å². The number of benzene rings is 3. The molecule has 0 saturated heterocycles. The van der Waals surface area contributed by atoms with E-state index in [-0.39, 0.29) is 17.3 Å². The van der Waals surface area contributed by atoms with E-state index in [9.17, 15) is 15.0 Å². The van der Waals surface area contributed by atoms with Gasteiger partial charge in [-0.1, -0.05) is 38.1 Å². The van der Waals surface area contributed by atoms with Crippen molar-refractivity contribution < 1.29 is 10.2 Å². The number of aromatic amines is 1. The highest BCUT2D eigenvalue weighted by molar-refractivity contribution is 5.82. The Labute approximate surface area is 202 Å². The van der Waals surface area contributed by atoms with Gasteiger partial charge in [0.2, 0.25) is 0 Å². The zero-order valence-corrected chi connectivity index (χ0v) is 20.0. The number of rotatable bonds is 6. The van der Waals surface area contributed by atoms with Crippen LogP contribution in [0.15, 0.2) is 71.7 Å². The number of phenolic OH excluding ortho intramolecular Hbond substituents is 2. The van der Waals surface area contributed by atoms with Gasteiger partial charge in [-0.2, -0.15) is 5.10 Å². The number of aromatic hydroxyl groups is 2. The minimum atomic E-state index is -0.408. The fourth-order valence-corrected chi connectivity index (χ4v) is 4.51. The highest BCUT2D eigenvalue weighted by atomic mass is 16.3. The molecule has 3 aromatic carbocycles. The number of hydrogen-bond acceptors (Lipinski definition) is 4. The molecule has 0 aliphatic heterocycles. The average Bonchev–Trinajstić information content (AvgIpc) is 3.40. The van der Waals surface area contributed by atoms with Gasteiger partial charge in [0.25, 0.3) is 0 Å². The molecule has 0 radical (unpaired) electrons. The van der Waals surface area contributed by atoms with Crippen LogP contribution in [0.4, 0.5) is 0 Å². The summed E-state index contributed by atoms with van der Waals surface area (Å²) in [5.74, 6) is 0.594. The predicted molar refractivity (Wildman–Crippen MR) is 137 cm³/mol. The molecule has 2 aromatic heterocycles. The lowest BCUT2D eigenvalue weighted by molar-refractivity contribution is 0.446. The van der Waals surface area contributed by atoms with E-state index >= 15 is 0 Å². The molecule has 0 amide bonds. The Kier molecular flexibility index (Phi) is 5.68. The van der Waals surface area contributed by atoms with Gasteiger partial charge in [0, 0.05) is 30.2 Å². The van der Waals surface area contributed by atoms with Crippen LogP contribution in [0.5, 0.6) is 11.5 Å². The SMILES string of the molecule is CC(C)c1cccc(CCc2cc(-c3n[nH]c(=O)n3-c3ccc4c(ccn4C)c3)c(O)cc2O)c1. The maximum Gasteiger partial charge on any atom is 0.348 e. The van der Waals surface area contributed by atoms with Crippen molar-refractivity contribution in [3.63, 3.8) is 0 Å². The summed E-state index contributed by atoms with van der Waals surface area (Å²) in [5, 5.41) is 28.9. The first-order valence-corrected chi connectivity index (χ1v) is 11.7. The van der Waals surface area contributed by atoms with Crippen LogP contribution in [0.1, 0.15) is 36.5 Å². The minimum absolute atomic E-state index is 0.0152. The largest absolute Gasteiger partial charge is 0.508 e. The molecule has 0 fully saturated rings. The molecule has 0 aliphatic rings. The smallest absolute Gasteiger partial charge is 0.348 e. The first-order chi connectivity index (χ1) is 16.8. The van der Waals surface area contributed by atoms with E-state index in [1.54, 1.807) is 6.07 Å². The number of hydrogen-bond donors (Lipinski definition) is 3. The topological polar surface area (TPSA) is 96.1 Å². The van der Waals surface area contributed by atoms with E-state index in [2.05, 4.69) is 48.3 Å². The number of aryl methyl sites for hydroxylation is 3. The molecule has 3 N–H and O–H groups in total. The molecule has 2 heterocycles. The second kappa shape index (κ2) is 8.83. The van der Waals surface area contributed by atoms with Gasteiger partial charge < -0.3 is 14.8 Å². The average molecular weight is 469 g/mol. The fourth-order valence-electron chi connectivity index (χ4n) is 4.51. The lowest BCUT2D eigenvalue weighted by Gasteiger charge is -2.12. The summed E-state index contributed by atoms with van der Waals surface area (Å²) >= 11 is 0. The van der Waals surface area contributed by atoms with Gasteiger partial charge in [0.15, 0.2) is 5.82 Å². The van der Waals surface area contributed by atoms with Crippen molar-refractivity contribution >= 4 is 10.9 Å². The Bertz CT molecular complexity index is 1590. The summed E-state index contributed by atoms with van der Waals surface area (Å²) in [6.07, 6.45) is 3.27. The summed E-state index contributed by atoms with van der Waals surface area (Å²) in [6.45, 7) is 4.33. The van der Waals surface area contributed by atoms with E-state index in [1.807, 2.05) is 42.1 Å². The molecule has 0 atom stereocenters. The third-order valence-electron chi connectivity index (χ3n) is 6.54. The highest BCUT2D eigenvalue weighted by Gasteiger charge is 2.19. The summed E-state index contributed by atoms with van der Waals surface area (Å²) in [5.41, 5.74) is 4.77. The van der Waals surface area contributed by atoms with Crippen LogP contribution in [0.2, 0.25) is 0 Å². The van der Waals surface area contributed by atoms with Gasteiger partial charge in [-0.05, 0) is 65.8 Å². The Hall–Kier alpha value is -4.26. The van der Waals surface area contributed by atoms with Crippen LogP contribution in [-0.2, 0) is 19.9 Å². The van der Waals surface area contributed by atoms with Crippen LogP contribution >= 0.6 is 0 Å². The summed E-state index contributed by atoms with van der Waals surface area (Å²) in [4.78, 5) is 12.7. The van der Waals surface area contributed by atoms with E-state index in [0.29, 0.717) is 29.2 Å². The zero-order valence-electron chi connectivity index (χ0n) is 20.0. The van der Waals surface area contributed by atoms with Gasteiger partial charge in [-0.15, -0.1) is 0 Å². The van der Waals surface area contributed by atoms with Crippen molar-refractivity contribution in [3.8, 4) is 28.6 Å². The number of nitrogens with one attached hydrogen (secondary N) is 1. The van der Waals surface area contributed by atoms with E-state index in [0.717, 1.165) is 17.3 Å². The van der Waals surface area contributed by atoms with E-state index in [4.69, 9.17) is 0 Å². The number of phenols is 2. The molecule has 7 heteroatoms. The van der Waals surface area contributed by atoms with E-state index in [1.165, 1.54) is 21.8 Å². The van der Waals surface area contributed by atoms with Crippen molar-refractivity contribution in [2.24, 2.45) is 7.05 Å². The van der Waals surface area contributed by atoms with Crippen molar-refractivity contribution in [2.45, 2.75) is 32.6 Å². The number of nitrogens with zero attached hydrogens (tertiary/aromatic N) is 3. The normalized spacial score (nSPS) is 11.5. The summed E-state index contributed by atoms with van der Waals surface area (Å²) in [6, 6.07) is 19.2. The monoisotopic (exact) mass is 468 g/mol. The minimum Gasteiger partial charge on any atom is -0.508 e. The van der Waals surface area contributed by atoms with E-state index < -0.39 is 5.69 Å². The molecule has 5 rings (SSSR count). The van der Waals surface area contributed by atoms with Crippen molar-refractivity contribution in [1.29, 1.82) is 0 Å². The second-order valence-electron chi connectivity index (χ2n) is 9.26. The highest BCUT2D eigenvalue weighted by Crippen LogP contribution is 2.35. The molecule has 0 bridgehead atoms. The first kappa shape index (κ1) is 22.5. The predicted octanol–water partition coefficient (Wildman–Crippen LogP) is 5.04. The van der Waals surface area contributed by atoms with Crippen LogP contribution in [-0.4, -0.2) is 29.5 Å². The fraction of sp³-hybridized carbons (Fsp3) is 0.214. The van der Waals surface area contributed by atoms with Crippen LogP contribution in [0.3, 0.4) is 0 Å². The lowest BCUT2D eigenvalue weighted by atomic mass is 9.96. The quantitative estimate of drug-likeness (QED) is 0.325. The molecule has 7 nitrogen and oxygen atoms in total. The van der Waals surface area contributed by atoms with Crippen LogP contribution in [0, 0.1) is 0 Å². The maximum atomic E-state index is 12.7. The van der Waals surface area contributed by atoms with Gasteiger partial charge >= 0.3 is 5.69 Å². The molecular formula is C28H28N4O3. The summed E-state index contributed by atoms with van der Waals surface area (Å²) in [7, 11) is 1.96. The van der Waals surface area contributed by atoms with Crippen molar-refractivity contribution in [2.75, 3.05) is 0 Å². The van der Waals surface area contributed by atoms with Crippen LogP contribution in [0.25, 0.3) is 28.0 Å². The van der Waals surface area contributed by atoms with Gasteiger partial charge in [0.1, 0.15) is 11.5 Å². The number of fused-ring (bicyclic) bond motifs is 1. The Morgan fingerprint density at radius 2 is 1.80 bits per heavy atom. The van der Waals surface area contributed by atoms with Gasteiger partial charge in [-0.25, -0.2) is 14.5 Å². The van der Waals surface area contributed by atoms with Crippen molar-refractivity contribution in [1.82, 2.24) is 19.3 Å². The molecule has 178 valence electrons. The van der Waals surface area contributed by atoms with Crippen LogP contribution < -0.4 is 5.69 Å². The van der Waals surface area contributed by atoms with Gasteiger partial charge in [-0.3, -0.25) is 0 Å². The molecule has 0 aliphatic carbocycles. The first-order valence-electron chi connectivity index (χ1n) is 11.7. The standard InChI is InChI=1S/C28H28N4O3/c1-17(2)19-6-4-5-18(13-19)7-8-21-15-23(26(34)16-25(21)33)27-29-30-28(35)32(27)22-9-10-24-20(14-22)11-12-31(24)3/h4-6,9-17,33-34H,7-8H2,1-3H3,(H,30,35). The lowest BCUT2D eigenvalue weighted by Crippen LogP contribution is -2.15. The molecule has 0 spiro atoms. The molecule has 0 saturated carbocycles. The Morgan fingerprint density at radius 3 is 2.60 bits per heavy atom. The number of H-pyrrole nitrogens is 1. The van der Waals surface area contributed by atoms with Gasteiger partial charge in [0.05, 0.1) is 11.3 Å². The maximum absolute atomic E-state index is 12.7. The molecular weight excluding hydrogens is 440 g/mol. The third-order valence-corrected chi connectivity index (χ3v) is 6.54. The third kappa shape index (κ3) is 4.21.